The predicted octanol–water partition coefficient (Wildman–Crippen LogP) is 4.07. The highest BCUT2D eigenvalue weighted by molar-refractivity contribution is 5.89. The van der Waals surface area contributed by atoms with E-state index >= 15 is 0 Å². The van der Waals surface area contributed by atoms with E-state index in [-0.39, 0.29) is 12.1 Å². The van der Waals surface area contributed by atoms with Crippen LogP contribution in [0.3, 0.4) is 0 Å². The van der Waals surface area contributed by atoms with Crippen LogP contribution < -0.4 is 15.4 Å². The van der Waals surface area contributed by atoms with Crippen molar-refractivity contribution in [1.29, 1.82) is 0 Å². The summed E-state index contributed by atoms with van der Waals surface area (Å²) in [6.45, 7) is 5.24. The summed E-state index contributed by atoms with van der Waals surface area (Å²) < 4.78 is 5.40. The zero-order valence-corrected chi connectivity index (χ0v) is 16.1. The number of nitrogens with one attached hydrogen (secondary N) is 2. The van der Waals surface area contributed by atoms with Crippen molar-refractivity contribution in [3.05, 3.63) is 59.7 Å². The van der Waals surface area contributed by atoms with Crippen LogP contribution in [0.1, 0.15) is 31.0 Å². The number of nitrogens with zero attached hydrogens (tertiary/aromatic N) is 1. The topological polar surface area (TPSA) is 53.6 Å². The van der Waals surface area contributed by atoms with E-state index in [1.807, 2.05) is 45.3 Å². The molecule has 0 radical (unpaired) electrons. The lowest BCUT2D eigenvalue weighted by molar-refractivity contribution is 0.243. The van der Waals surface area contributed by atoms with Gasteiger partial charge < -0.3 is 20.3 Å². The Morgan fingerprint density at radius 1 is 1.04 bits per heavy atom. The third-order valence-corrected chi connectivity index (χ3v) is 4.28. The molecule has 0 aliphatic carbocycles. The van der Waals surface area contributed by atoms with E-state index in [1.54, 1.807) is 0 Å². The summed E-state index contributed by atoms with van der Waals surface area (Å²) in [5, 5.41) is 5.81. The van der Waals surface area contributed by atoms with Crippen LogP contribution in [-0.4, -0.2) is 38.2 Å². The summed E-state index contributed by atoms with van der Waals surface area (Å²) in [7, 11) is 4.04. The molecule has 2 N–H and O–H groups in total. The largest absolute Gasteiger partial charge is 0.494 e. The molecule has 2 amide bonds. The van der Waals surface area contributed by atoms with E-state index in [9.17, 15) is 4.79 Å². The normalized spacial score (nSPS) is 11.9. The van der Waals surface area contributed by atoms with Gasteiger partial charge in [-0.25, -0.2) is 4.79 Å². The lowest BCUT2D eigenvalue weighted by Crippen LogP contribution is -2.36. The van der Waals surface area contributed by atoms with Gasteiger partial charge in [-0.3, -0.25) is 0 Å². The van der Waals surface area contributed by atoms with Gasteiger partial charge in [0.05, 0.1) is 12.6 Å². The van der Waals surface area contributed by atoms with Crippen molar-refractivity contribution in [2.75, 3.05) is 32.6 Å². The SMILES string of the molecule is CCOc1ccc(NC(=O)NCC(c2ccc(CC)cc2)N(C)C)cc1. The first-order valence-corrected chi connectivity index (χ1v) is 9.06. The fourth-order valence-electron chi connectivity index (χ4n) is 2.74. The molecule has 0 saturated carbocycles. The molecular weight excluding hydrogens is 326 g/mol. The minimum absolute atomic E-state index is 0.118. The van der Waals surface area contributed by atoms with Crippen molar-refractivity contribution in [1.82, 2.24) is 10.2 Å². The molecule has 0 saturated heterocycles. The first-order valence-electron chi connectivity index (χ1n) is 9.06. The molecule has 2 aromatic rings. The number of carbonyl (C=O) groups excluding carboxylic acids is 1. The molecule has 2 rings (SSSR count). The fourth-order valence-corrected chi connectivity index (χ4v) is 2.74. The molecule has 26 heavy (non-hydrogen) atoms. The van der Waals surface area contributed by atoms with Gasteiger partial charge in [0.15, 0.2) is 0 Å². The molecular formula is C21H29N3O2. The molecule has 140 valence electrons. The van der Waals surface area contributed by atoms with E-state index in [0.717, 1.165) is 17.9 Å². The number of benzene rings is 2. The second kappa shape index (κ2) is 9.82. The number of hydrogen-bond acceptors (Lipinski definition) is 3. The Bertz CT molecular complexity index is 681. The molecule has 5 nitrogen and oxygen atoms in total. The molecule has 1 unspecified atom stereocenters. The Labute approximate surface area is 156 Å². The first-order chi connectivity index (χ1) is 12.5. The number of urea groups is 1. The van der Waals surface area contributed by atoms with Crippen molar-refractivity contribution in [2.24, 2.45) is 0 Å². The van der Waals surface area contributed by atoms with Crippen molar-refractivity contribution in [2.45, 2.75) is 26.3 Å². The molecule has 0 heterocycles. The van der Waals surface area contributed by atoms with Crippen LogP contribution in [0.5, 0.6) is 5.75 Å². The Balaban J connectivity index is 1.92. The maximum atomic E-state index is 12.2. The van der Waals surface area contributed by atoms with Crippen molar-refractivity contribution in [3.63, 3.8) is 0 Å². The van der Waals surface area contributed by atoms with Crippen LogP contribution in [0.2, 0.25) is 0 Å². The summed E-state index contributed by atoms with van der Waals surface area (Å²) >= 11 is 0. The fraction of sp³-hybridized carbons (Fsp3) is 0.381. The van der Waals surface area contributed by atoms with Gasteiger partial charge in [-0.1, -0.05) is 31.2 Å². The number of carbonyl (C=O) groups is 1. The lowest BCUT2D eigenvalue weighted by Gasteiger charge is -2.25. The third kappa shape index (κ3) is 5.77. The summed E-state index contributed by atoms with van der Waals surface area (Å²) in [4.78, 5) is 14.3. The Kier molecular flexibility index (Phi) is 7.48. The average Bonchev–Trinajstić information content (AvgIpc) is 2.64. The van der Waals surface area contributed by atoms with Crippen LogP contribution in [0.25, 0.3) is 0 Å². The van der Waals surface area contributed by atoms with Gasteiger partial charge in [0.2, 0.25) is 0 Å². The zero-order chi connectivity index (χ0) is 18.9. The number of ether oxygens (including phenoxy) is 1. The summed E-state index contributed by atoms with van der Waals surface area (Å²) in [5.74, 6) is 0.793. The van der Waals surface area contributed by atoms with E-state index in [2.05, 4.69) is 46.7 Å². The van der Waals surface area contributed by atoms with Gasteiger partial charge in [0, 0.05) is 12.2 Å². The Hall–Kier alpha value is -2.53. The number of rotatable bonds is 8. The highest BCUT2D eigenvalue weighted by atomic mass is 16.5. The van der Waals surface area contributed by atoms with E-state index < -0.39 is 0 Å². The van der Waals surface area contributed by atoms with Crippen LogP contribution in [0, 0.1) is 0 Å². The highest BCUT2D eigenvalue weighted by Crippen LogP contribution is 2.19. The molecule has 1 atom stereocenters. The minimum atomic E-state index is -0.216. The second-order valence-corrected chi connectivity index (χ2v) is 6.37. The Morgan fingerprint density at radius 3 is 2.23 bits per heavy atom. The molecule has 0 aromatic heterocycles. The number of aryl methyl sites for hydroxylation is 1. The number of anilines is 1. The van der Waals surface area contributed by atoms with Gasteiger partial charge in [0.1, 0.15) is 5.75 Å². The maximum Gasteiger partial charge on any atom is 0.319 e. The van der Waals surface area contributed by atoms with Gasteiger partial charge in [-0.2, -0.15) is 0 Å². The lowest BCUT2D eigenvalue weighted by atomic mass is 10.0. The predicted molar refractivity (Wildman–Crippen MR) is 107 cm³/mol. The van der Waals surface area contributed by atoms with Crippen LogP contribution in [0.15, 0.2) is 48.5 Å². The average molecular weight is 355 g/mol. The monoisotopic (exact) mass is 355 g/mol. The quantitative estimate of drug-likeness (QED) is 0.750. The number of likely N-dealkylation sites (N-methyl/N-ethyl adjacent to an activating group) is 1. The number of hydrogen-bond donors (Lipinski definition) is 2. The minimum Gasteiger partial charge on any atom is -0.494 e. The summed E-state index contributed by atoms with van der Waals surface area (Å²) in [5.41, 5.74) is 3.24. The van der Waals surface area contributed by atoms with Crippen molar-refractivity contribution < 1.29 is 9.53 Å². The first kappa shape index (κ1) is 19.8. The maximum absolute atomic E-state index is 12.2. The highest BCUT2D eigenvalue weighted by Gasteiger charge is 2.15. The van der Waals surface area contributed by atoms with Crippen LogP contribution >= 0.6 is 0 Å². The summed E-state index contributed by atoms with van der Waals surface area (Å²) in [6.07, 6.45) is 1.02. The van der Waals surface area contributed by atoms with Crippen molar-refractivity contribution >= 4 is 11.7 Å². The van der Waals surface area contributed by atoms with Crippen LogP contribution in [-0.2, 0) is 6.42 Å². The van der Waals surface area contributed by atoms with E-state index in [0.29, 0.717) is 13.2 Å². The van der Waals surface area contributed by atoms with Gasteiger partial charge in [-0.15, -0.1) is 0 Å². The van der Waals surface area contributed by atoms with E-state index in [4.69, 9.17) is 4.74 Å². The number of amides is 2. The van der Waals surface area contributed by atoms with Crippen molar-refractivity contribution in [3.8, 4) is 5.75 Å². The molecule has 5 heteroatoms. The Morgan fingerprint density at radius 2 is 1.69 bits per heavy atom. The van der Waals surface area contributed by atoms with Gasteiger partial charge in [-0.05, 0) is 62.8 Å². The molecule has 0 aliphatic rings. The molecule has 0 spiro atoms. The van der Waals surface area contributed by atoms with E-state index in [1.165, 1.54) is 11.1 Å². The van der Waals surface area contributed by atoms with Gasteiger partial charge >= 0.3 is 6.03 Å². The smallest absolute Gasteiger partial charge is 0.319 e. The molecule has 0 fully saturated rings. The van der Waals surface area contributed by atoms with Gasteiger partial charge in [0.25, 0.3) is 0 Å². The summed E-state index contributed by atoms with van der Waals surface area (Å²) in [6, 6.07) is 15.8. The molecule has 0 bridgehead atoms. The zero-order valence-electron chi connectivity index (χ0n) is 16.1. The van der Waals surface area contributed by atoms with Crippen LogP contribution in [0.4, 0.5) is 10.5 Å². The molecule has 2 aromatic carbocycles. The standard InChI is InChI=1S/C21H29N3O2/c1-5-16-7-9-17(10-8-16)20(24(3)4)15-22-21(25)23-18-11-13-19(14-12-18)26-6-2/h7-14,20H,5-6,15H2,1-4H3,(H2,22,23,25). The second-order valence-electron chi connectivity index (χ2n) is 6.37. The third-order valence-electron chi connectivity index (χ3n) is 4.28. The molecule has 0 aliphatic heterocycles.